The van der Waals surface area contributed by atoms with Crippen molar-refractivity contribution in [1.82, 2.24) is 0 Å². The van der Waals surface area contributed by atoms with Crippen LogP contribution < -0.4 is 5.73 Å². The molecular formula is C12H13F2NO3. The van der Waals surface area contributed by atoms with Gasteiger partial charge >= 0.3 is 11.9 Å². The fourth-order valence-corrected chi connectivity index (χ4v) is 1.40. The van der Waals surface area contributed by atoms with Crippen LogP contribution in [0.2, 0.25) is 0 Å². The quantitative estimate of drug-likeness (QED) is 0.509. The van der Waals surface area contributed by atoms with E-state index in [-0.39, 0.29) is 23.6 Å². The predicted molar refractivity (Wildman–Crippen MR) is 61.4 cm³/mol. The fourth-order valence-electron chi connectivity index (χ4n) is 1.40. The summed E-state index contributed by atoms with van der Waals surface area (Å²) in [5.74, 6) is -5.78. The van der Waals surface area contributed by atoms with Crippen molar-refractivity contribution in [3.05, 3.63) is 29.3 Å². The first kappa shape index (κ1) is 14.1. The molecule has 0 aliphatic carbocycles. The lowest BCUT2D eigenvalue weighted by Gasteiger charge is -2.17. The summed E-state index contributed by atoms with van der Waals surface area (Å²) in [6.07, 6.45) is 0. The van der Waals surface area contributed by atoms with Gasteiger partial charge in [-0.2, -0.15) is 8.78 Å². The Kier molecular flexibility index (Phi) is 4.00. The van der Waals surface area contributed by atoms with Crippen molar-refractivity contribution in [2.75, 3.05) is 12.3 Å². The van der Waals surface area contributed by atoms with Gasteiger partial charge in [0.2, 0.25) is 0 Å². The third-order valence-electron chi connectivity index (χ3n) is 2.33. The molecule has 1 aromatic rings. The van der Waals surface area contributed by atoms with E-state index >= 15 is 0 Å². The monoisotopic (exact) mass is 257 g/mol. The maximum atomic E-state index is 13.7. The number of anilines is 1. The van der Waals surface area contributed by atoms with E-state index in [4.69, 9.17) is 5.73 Å². The number of rotatable bonds is 4. The van der Waals surface area contributed by atoms with E-state index in [0.29, 0.717) is 0 Å². The number of nitrogen functional groups attached to an aromatic ring is 1. The minimum atomic E-state index is -3.82. The van der Waals surface area contributed by atoms with Crippen molar-refractivity contribution >= 4 is 17.4 Å². The molecule has 2 N–H and O–H groups in total. The van der Waals surface area contributed by atoms with E-state index in [1.807, 2.05) is 0 Å². The van der Waals surface area contributed by atoms with Gasteiger partial charge in [0.05, 0.1) is 12.2 Å². The van der Waals surface area contributed by atoms with Gasteiger partial charge in [0.25, 0.3) is 0 Å². The van der Waals surface area contributed by atoms with Crippen LogP contribution in [0.5, 0.6) is 0 Å². The zero-order chi connectivity index (χ0) is 13.9. The Hall–Kier alpha value is -1.98. The SMILES string of the molecule is CCOC(=O)C(F)(F)c1ccc(C(C)=O)cc1N. The van der Waals surface area contributed by atoms with E-state index in [1.165, 1.54) is 19.9 Å². The Morgan fingerprint density at radius 2 is 2.00 bits per heavy atom. The molecule has 0 aliphatic rings. The summed E-state index contributed by atoms with van der Waals surface area (Å²) in [5, 5.41) is 0. The van der Waals surface area contributed by atoms with Gasteiger partial charge < -0.3 is 10.5 Å². The highest BCUT2D eigenvalue weighted by molar-refractivity contribution is 5.95. The number of alkyl halides is 2. The van der Waals surface area contributed by atoms with Crippen LogP contribution in [0, 0.1) is 0 Å². The van der Waals surface area contributed by atoms with Crippen molar-refractivity contribution in [3.63, 3.8) is 0 Å². The number of carbonyl (C=O) groups is 2. The lowest BCUT2D eigenvalue weighted by atomic mass is 10.0. The van der Waals surface area contributed by atoms with E-state index in [2.05, 4.69) is 4.74 Å². The number of benzene rings is 1. The summed E-state index contributed by atoms with van der Waals surface area (Å²) in [7, 11) is 0. The number of halogens is 2. The molecule has 0 aliphatic heterocycles. The van der Waals surface area contributed by atoms with Gasteiger partial charge in [-0.25, -0.2) is 4.79 Å². The molecule has 0 saturated heterocycles. The van der Waals surface area contributed by atoms with Gasteiger partial charge in [0.1, 0.15) is 0 Å². The first-order valence-electron chi connectivity index (χ1n) is 5.26. The Balaban J connectivity index is 3.17. The molecule has 6 heteroatoms. The third kappa shape index (κ3) is 2.64. The van der Waals surface area contributed by atoms with Gasteiger partial charge in [-0.1, -0.05) is 6.07 Å². The molecule has 0 saturated carbocycles. The van der Waals surface area contributed by atoms with E-state index in [9.17, 15) is 18.4 Å². The molecule has 0 amide bonds. The van der Waals surface area contributed by atoms with Crippen LogP contribution in [0.4, 0.5) is 14.5 Å². The second-order valence-electron chi connectivity index (χ2n) is 3.65. The minimum Gasteiger partial charge on any atom is -0.461 e. The highest BCUT2D eigenvalue weighted by Gasteiger charge is 2.44. The van der Waals surface area contributed by atoms with Crippen LogP contribution in [0.25, 0.3) is 0 Å². The second-order valence-corrected chi connectivity index (χ2v) is 3.65. The molecule has 0 unspecified atom stereocenters. The molecular weight excluding hydrogens is 244 g/mol. The Morgan fingerprint density at radius 1 is 1.39 bits per heavy atom. The number of esters is 1. The van der Waals surface area contributed by atoms with Crippen molar-refractivity contribution < 1.29 is 23.1 Å². The summed E-state index contributed by atoms with van der Waals surface area (Å²) < 4.78 is 31.7. The molecule has 0 aromatic heterocycles. The summed E-state index contributed by atoms with van der Waals surface area (Å²) >= 11 is 0. The predicted octanol–water partition coefficient (Wildman–Crippen LogP) is 2.13. The van der Waals surface area contributed by atoms with Gasteiger partial charge in [0, 0.05) is 11.3 Å². The summed E-state index contributed by atoms with van der Waals surface area (Å²) in [6, 6.07) is 3.27. The highest BCUT2D eigenvalue weighted by atomic mass is 19.3. The number of nitrogens with two attached hydrogens (primary N) is 1. The first-order valence-corrected chi connectivity index (χ1v) is 5.26. The lowest BCUT2D eigenvalue weighted by Crippen LogP contribution is -2.29. The molecule has 18 heavy (non-hydrogen) atoms. The lowest BCUT2D eigenvalue weighted by molar-refractivity contribution is -0.173. The van der Waals surface area contributed by atoms with Crippen LogP contribution in [-0.4, -0.2) is 18.4 Å². The Bertz CT molecular complexity index is 486. The summed E-state index contributed by atoms with van der Waals surface area (Å²) in [4.78, 5) is 22.2. The van der Waals surface area contributed by atoms with Crippen LogP contribution in [0.1, 0.15) is 29.8 Å². The fraction of sp³-hybridized carbons (Fsp3) is 0.333. The van der Waals surface area contributed by atoms with Gasteiger partial charge in [-0.05, 0) is 26.0 Å². The standard InChI is InChI=1S/C12H13F2NO3/c1-3-18-11(17)12(13,14)9-5-4-8(7(2)16)6-10(9)15/h4-6H,3,15H2,1-2H3. The molecule has 4 nitrogen and oxygen atoms in total. The molecule has 0 bridgehead atoms. The molecule has 0 fully saturated rings. The zero-order valence-electron chi connectivity index (χ0n) is 10.00. The van der Waals surface area contributed by atoms with Crippen LogP contribution in [0.15, 0.2) is 18.2 Å². The van der Waals surface area contributed by atoms with Crippen LogP contribution in [0.3, 0.4) is 0 Å². The van der Waals surface area contributed by atoms with E-state index in [0.717, 1.165) is 12.1 Å². The molecule has 98 valence electrons. The Labute approximate surface area is 103 Å². The van der Waals surface area contributed by atoms with Gasteiger partial charge in [-0.15, -0.1) is 0 Å². The number of ether oxygens (including phenoxy) is 1. The highest BCUT2D eigenvalue weighted by Crippen LogP contribution is 2.34. The molecule has 0 spiro atoms. The number of Topliss-reactive ketones (excluding diaryl/α,β-unsaturated/α-hetero) is 1. The van der Waals surface area contributed by atoms with Crippen LogP contribution in [-0.2, 0) is 15.5 Å². The maximum Gasteiger partial charge on any atom is 0.382 e. The number of carbonyl (C=O) groups excluding carboxylic acids is 2. The van der Waals surface area contributed by atoms with Crippen LogP contribution >= 0.6 is 0 Å². The topological polar surface area (TPSA) is 69.4 Å². The molecule has 0 radical (unpaired) electrons. The first-order chi connectivity index (χ1) is 8.30. The maximum absolute atomic E-state index is 13.7. The largest absolute Gasteiger partial charge is 0.461 e. The zero-order valence-corrected chi connectivity index (χ0v) is 10.00. The molecule has 0 heterocycles. The normalized spacial score (nSPS) is 11.1. The van der Waals surface area contributed by atoms with Crippen molar-refractivity contribution in [2.24, 2.45) is 0 Å². The van der Waals surface area contributed by atoms with Gasteiger partial charge in [0.15, 0.2) is 5.78 Å². The minimum absolute atomic E-state index is 0.153. The smallest absolute Gasteiger partial charge is 0.382 e. The van der Waals surface area contributed by atoms with Gasteiger partial charge in [-0.3, -0.25) is 4.79 Å². The number of hydrogen-bond donors (Lipinski definition) is 1. The summed E-state index contributed by atoms with van der Waals surface area (Å²) in [5.41, 5.74) is 4.66. The van der Waals surface area contributed by atoms with Crippen molar-refractivity contribution in [2.45, 2.75) is 19.8 Å². The molecule has 1 aromatic carbocycles. The third-order valence-corrected chi connectivity index (χ3v) is 2.33. The van der Waals surface area contributed by atoms with Crippen molar-refractivity contribution in [1.29, 1.82) is 0 Å². The number of ketones is 1. The molecule has 0 atom stereocenters. The average molecular weight is 257 g/mol. The van der Waals surface area contributed by atoms with E-state index in [1.54, 1.807) is 0 Å². The van der Waals surface area contributed by atoms with Crippen molar-refractivity contribution in [3.8, 4) is 0 Å². The number of hydrogen-bond acceptors (Lipinski definition) is 4. The molecule has 1 rings (SSSR count). The van der Waals surface area contributed by atoms with E-state index < -0.39 is 17.5 Å². The summed E-state index contributed by atoms with van der Waals surface area (Å²) in [6.45, 7) is 2.56. The Morgan fingerprint density at radius 3 is 2.44 bits per heavy atom. The average Bonchev–Trinajstić information content (AvgIpc) is 2.28. The second kappa shape index (κ2) is 5.12.